The second kappa shape index (κ2) is 12.9. The minimum atomic E-state index is -1.08. The van der Waals surface area contributed by atoms with Crippen LogP contribution in [0.25, 0.3) is 0 Å². The standard InChI is InChI=1S/C26H23BCl2FN5O5/c28-17-5-6-18(30)22(29)21(17)23(27-9-12-36)40-20-13-19(33-34-24(20)31)25(38)32-15-3-1-14(2-4-15)26(39)35-10-7-16(37)8-11-35/h1-6,13,16,23,27,36-37H,7-8,10-11H2,(H2,31,34)(H,32,38)/t23-/m0/s1. The number of benzene rings is 2. The molecule has 1 atom stereocenters. The molecule has 1 saturated heterocycles. The van der Waals surface area contributed by atoms with Gasteiger partial charge in [0.15, 0.2) is 17.3 Å². The predicted molar refractivity (Wildman–Crippen MR) is 149 cm³/mol. The number of aromatic nitrogens is 2. The van der Waals surface area contributed by atoms with Gasteiger partial charge < -0.3 is 30.9 Å². The molecule has 0 unspecified atom stereocenters. The number of hydrogen-bond donors (Lipinski definition) is 4. The van der Waals surface area contributed by atoms with Crippen LogP contribution in [-0.4, -0.2) is 63.6 Å². The van der Waals surface area contributed by atoms with E-state index in [0.717, 1.165) is 6.07 Å². The first-order valence-corrected chi connectivity index (χ1v) is 12.9. The quantitative estimate of drug-likeness (QED) is 0.187. The zero-order chi connectivity index (χ0) is 28.8. The number of nitrogens with zero attached hydrogens (tertiary/aromatic N) is 3. The molecule has 5 N–H and O–H groups in total. The molecule has 1 aliphatic heterocycles. The summed E-state index contributed by atoms with van der Waals surface area (Å²) in [4.78, 5) is 27.3. The number of nitrogens with one attached hydrogen (secondary N) is 1. The molecule has 2 aromatic carbocycles. The number of halogens is 3. The first-order valence-electron chi connectivity index (χ1n) is 12.1. The number of ether oxygens (including phenoxy) is 1. The van der Waals surface area contributed by atoms with Gasteiger partial charge >= 0.3 is 0 Å². The summed E-state index contributed by atoms with van der Waals surface area (Å²) in [6.07, 6.45) is 2.42. The van der Waals surface area contributed by atoms with E-state index in [1.165, 1.54) is 12.1 Å². The molecule has 206 valence electrons. The molecule has 0 spiro atoms. The lowest BCUT2D eigenvalue weighted by molar-refractivity contribution is 0.0546. The maximum absolute atomic E-state index is 14.2. The minimum Gasteiger partial charge on any atom is -0.489 e. The van der Waals surface area contributed by atoms with E-state index < -0.39 is 17.7 Å². The van der Waals surface area contributed by atoms with Crippen LogP contribution >= 0.6 is 23.2 Å². The number of amides is 2. The van der Waals surface area contributed by atoms with Crippen LogP contribution in [0, 0.1) is 17.7 Å². The second-order valence-electron chi connectivity index (χ2n) is 8.89. The zero-order valence-electron chi connectivity index (χ0n) is 20.9. The lowest BCUT2D eigenvalue weighted by Gasteiger charge is -2.29. The highest BCUT2D eigenvalue weighted by molar-refractivity contribution is 6.49. The molecule has 0 bridgehead atoms. The monoisotopic (exact) mass is 585 g/mol. The van der Waals surface area contributed by atoms with Gasteiger partial charge in [0.05, 0.1) is 17.2 Å². The van der Waals surface area contributed by atoms with Crippen LogP contribution < -0.4 is 15.8 Å². The van der Waals surface area contributed by atoms with E-state index in [9.17, 15) is 19.1 Å². The molecule has 0 radical (unpaired) electrons. The summed E-state index contributed by atoms with van der Waals surface area (Å²) in [5.41, 5.74) is 6.67. The van der Waals surface area contributed by atoms with Gasteiger partial charge in [-0.2, -0.15) is 0 Å². The number of hydrogen-bond acceptors (Lipinski definition) is 8. The highest BCUT2D eigenvalue weighted by Crippen LogP contribution is 2.35. The van der Waals surface area contributed by atoms with Gasteiger partial charge in [-0.25, -0.2) is 4.39 Å². The van der Waals surface area contributed by atoms with E-state index in [1.807, 2.05) is 0 Å². The highest BCUT2D eigenvalue weighted by Gasteiger charge is 2.26. The average molecular weight is 586 g/mol. The van der Waals surface area contributed by atoms with E-state index in [2.05, 4.69) is 21.3 Å². The van der Waals surface area contributed by atoms with Crippen molar-refractivity contribution in [2.24, 2.45) is 0 Å². The summed E-state index contributed by atoms with van der Waals surface area (Å²) >= 11 is 12.4. The number of nitrogens with two attached hydrogens (primary N) is 1. The molecule has 1 fully saturated rings. The van der Waals surface area contributed by atoms with E-state index in [4.69, 9.17) is 38.8 Å². The van der Waals surface area contributed by atoms with Gasteiger partial charge in [0.2, 0.25) is 0 Å². The van der Waals surface area contributed by atoms with Gasteiger partial charge in [-0.05, 0) is 49.2 Å². The lowest BCUT2D eigenvalue weighted by atomic mass is 9.69. The molecule has 14 heteroatoms. The van der Waals surface area contributed by atoms with Crippen molar-refractivity contribution in [3.8, 4) is 17.7 Å². The normalized spacial score (nSPS) is 14.1. The first kappa shape index (κ1) is 29.0. The third-order valence-electron chi connectivity index (χ3n) is 6.20. The van der Waals surface area contributed by atoms with E-state index in [0.29, 0.717) is 37.2 Å². The summed E-state index contributed by atoms with van der Waals surface area (Å²) in [6.45, 7) is 0.952. The summed E-state index contributed by atoms with van der Waals surface area (Å²) in [5, 5.41) is 28.7. The molecule has 2 heterocycles. The fourth-order valence-electron chi connectivity index (χ4n) is 4.06. The summed E-state index contributed by atoms with van der Waals surface area (Å²) in [5.74, 6) is 0.624. The smallest absolute Gasteiger partial charge is 0.276 e. The molecule has 1 aliphatic rings. The Kier molecular flexibility index (Phi) is 9.32. The largest absolute Gasteiger partial charge is 0.489 e. The molecular formula is C26H23BCl2FN5O5. The van der Waals surface area contributed by atoms with Crippen molar-refractivity contribution in [1.82, 2.24) is 15.1 Å². The highest BCUT2D eigenvalue weighted by atomic mass is 35.5. The number of rotatable bonds is 7. The zero-order valence-corrected chi connectivity index (χ0v) is 22.4. The number of carbonyl (C=O) groups is 2. The molecule has 3 aromatic rings. The summed E-state index contributed by atoms with van der Waals surface area (Å²) in [7, 11) is -0.147. The Morgan fingerprint density at radius 1 is 1.18 bits per heavy atom. The third-order valence-corrected chi connectivity index (χ3v) is 6.91. The predicted octanol–water partition coefficient (Wildman–Crippen LogP) is 3.16. The summed E-state index contributed by atoms with van der Waals surface area (Å²) in [6, 6.07) is 8.87. The number of nitrogen functional groups attached to an aromatic ring is 1. The van der Waals surface area contributed by atoms with Crippen LogP contribution in [0.4, 0.5) is 15.9 Å². The van der Waals surface area contributed by atoms with Crippen molar-refractivity contribution >= 4 is 53.8 Å². The first-order chi connectivity index (χ1) is 19.2. The minimum absolute atomic E-state index is 0.0728. The maximum Gasteiger partial charge on any atom is 0.276 e. The molecule has 0 aliphatic carbocycles. The van der Waals surface area contributed by atoms with Crippen molar-refractivity contribution in [3.63, 3.8) is 0 Å². The van der Waals surface area contributed by atoms with Crippen molar-refractivity contribution in [2.45, 2.75) is 24.9 Å². The number of piperidine rings is 1. The van der Waals surface area contributed by atoms with Gasteiger partial charge in [0.25, 0.3) is 19.1 Å². The van der Waals surface area contributed by atoms with Gasteiger partial charge in [-0.1, -0.05) is 23.2 Å². The van der Waals surface area contributed by atoms with Crippen LogP contribution in [0.15, 0.2) is 42.5 Å². The Hall–Kier alpha value is -4.05. The topological polar surface area (TPSA) is 151 Å². The van der Waals surface area contributed by atoms with E-state index in [-0.39, 0.29) is 52.2 Å². The second-order valence-corrected chi connectivity index (χ2v) is 9.68. The lowest BCUT2D eigenvalue weighted by Crippen LogP contribution is -2.40. The molecular weight excluding hydrogens is 563 g/mol. The number of aliphatic hydroxyl groups is 2. The number of likely N-dealkylation sites (tertiary alicyclic amines) is 1. The summed E-state index contributed by atoms with van der Waals surface area (Å²) < 4.78 is 20.0. The number of anilines is 2. The molecule has 0 saturated carbocycles. The van der Waals surface area contributed by atoms with Crippen LogP contribution in [0.1, 0.15) is 45.3 Å². The van der Waals surface area contributed by atoms with Gasteiger partial charge in [0.1, 0.15) is 11.8 Å². The Morgan fingerprint density at radius 3 is 2.55 bits per heavy atom. The van der Waals surface area contributed by atoms with Crippen LogP contribution in [0.3, 0.4) is 0 Å². The Labute approximate surface area is 239 Å². The maximum atomic E-state index is 14.2. The Bertz CT molecular complexity index is 1480. The van der Waals surface area contributed by atoms with E-state index in [1.54, 1.807) is 35.3 Å². The van der Waals surface area contributed by atoms with Gasteiger partial charge in [0, 0.05) is 41.0 Å². The molecule has 10 nitrogen and oxygen atoms in total. The van der Waals surface area contributed by atoms with Gasteiger partial charge in [-0.15, -0.1) is 16.0 Å². The fraction of sp³-hybridized carbons (Fsp3) is 0.231. The van der Waals surface area contributed by atoms with Crippen LogP contribution in [0.2, 0.25) is 10.0 Å². The Balaban J connectivity index is 1.50. The third kappa shape index (κ3) is 6.74. The van der Waals surface area contributed by atoms with E-state index >= 15 is 0 Å². The molecule has 2 amide bonds. The number of aliphatic hydroxyl groups excluding tert-OH is 2. The SMILES string of the molecule is Nc1nnc(C(=O)Nc2ccc(C(=O)N3CCC(O)CC3)cc2)cc1O[C@H](BC#CO)c1c(Cl)ccc(F)c1Cl. The van der Waals surface area contributed by atoms with Crippen LogP contribution in [0.5, 0.6) is 5.75 Å². The molecule has 40 heavy (non-hydrogen) atoms. The molecule has 4 rings (SSSR count). The van der Waals surface area contributed by atoms with Crippen molar-refractivity contribution in [3.05, 3.63) is 75.1 Å². The fourth-order valence-corrected chi connectivity index (χ4v) is 4.68. The van der Waals surface area contributed by atoms with Gasteiger partial charge in [-0.3, -0.25) is 9.59 Å². The Morgan fingerprint density at radius 2 is 1.88 bits per heavy atom. The van der Waals surface area contributed by atoms with Crippen molar-refractivity contribution in [1.29, 1.82) is 0 Å². The number of carbonyl (C=O) groups excluding carboxylic acids is 2. The average Bonchev–Trinajstić information content (AvgIpc) is 2.95. The van der Waals surface area contributed by atoms with Crippen LogP contribution in [-0.2, 0) is 0 Å². The van der Waals surface area contributed by atoms with Crippen molar-refractivity contribution < 1.29 is 28.9 Å². The molecule has 1 aromatic heterocycles. The van der Waals surface area contributed by atoms with Crippen molar-refractivity contribution in [2.75, 3.05) is 24.1 Å².